The van der Waals surface area contributed by atoms with Gasteiger partial charge in [0.15, 0.2) is 0 Å². The van der Waals surface area contributed by atoms with Crippen molar-refractivity contribution in [3.8, 4) is 0 Å². The summed E-state index contributed by atoms with van der Waals surface area (Å²) in [5.74, 6) is 0.736. The molecule has 0 fully saturated rings. The second-order valence-electron chi connectivity index (χ2n) is 5.13. The second-order valence-corrected chi connectivity index (χ2v) is 5.13. The summed E-state index contributed by atoms with van der Waals surface area (Å²) in [6, 6.07) is 0. The minimum Gasteiger partial charge on any atom is -0.377 e. The van der Waals surface area contributed by atoms with Gasteiger partial charge in [-0.3, -0.25) is 0 Å². The van der Waals surface area contributed by atoms with Gasteiger partial charge in [-0.1, -0.05) is 31.1 Å². The number of hydrogen-bond donors (Lipinski definition) is 0. The highest BCUT2D eigenvalue weighted by atomic mass is 16.5. The van der Waals surface area contributed by atoms with Gasteiger partial charge in [-0.15, -0.1) is 6.58 Å². The third kappa shape index (κ3) is 11.5. The zero-order valence-electron chi connectivity index (χ0n) is 11.5. The highest BCUT2D eigenvalue weighted by molar-refractivity contribution is 4.98. The van der Waals surface area contributed by atoms with Crippen molar-refractivity contribution in [2.75, 3.05) is 13.2 Å². The Labute approximate surface area is 102 Å². The van der Waals surface area contributed by atoms with Crippen LogP contribution in [0.5, 0.6) is 0 Å². The van der Waals surface area contributed by atoms with Gasteiger partial charge in [-0.25, -0.2) is 0 Å². The first-order valence-electron chi connectivity index (χ1n) is 6.40. The lowest BCUT2D eigenvalue weighted by molar-refractivity contribution is 0.144. The van der Waals surface area contributed by atoms with Crippen LogP contribution in [0.3, 0.4) is 0 Å². The summed E-state index contributed by atoms with van der Waals surface area (Å²) >= 11 is 0. The van der Waals surface area contributed by atoms with Gasteiger partial charge in [0.25, 0.3) is 0 Å². The molecule has 0 aromatic rings. The summed E-state index contributed by atoms with van der Waals surface area (Å²) in [4.78, 5) is 0. The van der Waals surface area contributed by atoms with Crippen molar-refractivity contribution in [1.82, 2.24) is 0 Å². The number of hydrogen-bond acceptors (Lipinski definition) is 1. The Balaban J connectivity index is 3.44. The van der Waals surface area contributed by atoms with Gasteiger partial charge < -0.3 is 4.74 Å². The monoisotopic (exact) mass is 224 g/mol. The quantitative estimate of drug-likeness (QED) is 0.406. The Kier molecular flexibility index (Phi) is 9.31. The van der Waals surface area contributed by atoms with Gasteiger partial charge in [0.1, 0.15) is 0 Å². The fourth-order valence-corrected chi connectivity index (χ4v) is 1.36. The molecule has 0 heterocycles. The van der Waals surface area contributed by atoms with E-state index >= 15 is 0 Å². The standard InChI is InChI=1S/C15H28O/c1-13(2)8-6-7-9-15(5)12-16-11-10-14(3)4/h9,14H,1,6-8,10-12H2,2-5H3/b15-9+. The molecule has 0 amide bonds. The van der Waals surface area contributed by atoms with Gasteiger partial charge in [-0.2, -0.15) is 0 Å². The van der Waals surface area contributed by atoms with Crippen molar-refractivity contribution in [3.63, 3.8) is 0 Å². The first-order chi connectivity index (χ1) is 7.52. The fourth-order valence-electron chi connectivity index (χ4n) is 1.36. The lowest BCUT2D eigenvalue weighted by Crippen LogP contribution is -2.01. The SMILES string of the molecule is C=C(C)CCC/C=C(\C)COCCC(C)C. The van der Waals surface area contributed by atoms with Crippen LogP contribution in [0, 0.1) is 5.92 Å². The van der Waals surface area contributed by atoms with E-state index in [1.807, 2.05) is 0 Å². The molecule has 0 rings (SSSR count). The van der Waals surface area contributed by atoms with Gasteiger partial charge in [0.2, 0.25) is 0 Å². The highest BCUT2D eigenvalue weighted by Gasteiger charge is 1.95. The lowest BCUT2D eigenvalue weighted by Gasteiger charge is -2.06. The van der Waals surface area contributed by atoms with E-state index in [1.165, 1.54) is 17.6 Å². The van der Waals surface area contributed by atoms with Crippen molar-refractivity contribution in [2.24, 2.45) is 5.92 Å². The van der Waals surface area contributed by atoms with E-state index in [9.17, 15) is 0 Å². The average molecular weight is 224 g/mol. The highest BCUT2D eigenvalue weighted by Crippen LogP contribution is 2.07. The maximum Gasteiger partial charge on any atom is 0.0674 e. The van der Waals surface area contributed by atoms with E-state index < -0.39 is 0 Å². The van der Waals surface area contributed by atoms with E-state index in [1.54, 1.807) is 0 Å². The zero-order chi connectivity index (χ0) is 12.4. The third-order valence-electron chi connectivity index (χ3n) is 2.47. The van der Waals surface area contributed by atoms with Gasteiger partial charge >= 0.3 is 0 Å². The van der Waals surface area contributed by atoms with Crippen molar-refractivity contribution >= 4 is 0 Å². The molecule has 0 N–H and O–H groups in total. The van der Waals surface area contributed by atoms with Crippen LogP contribution in [0.25, 0.3) is 0 Å². The molecule has 16 heavy (non-hydrogen) atoms. The fraction of sp³-hybridized carbons (Fsp3) is 0.733. The minimum atomic E-state index is 0.736. The van der Waals surface area contributed by atoms with Crippen molar-refractivity contribution in [2.45, 2.75) is 53.4 Å². The minimum absolute atomic E-state index is 0.736. The van der Waals surface area contributed by atoms with Crippen molar-refractivity contribution in [1.29, 1.82) is 0 Å². The van der Waals surface area contributed by atoms with E-state index in [4.69, 9.17) is 4.74 Å². The normalized spacial score (nSPS) is 12.2. The zero-order valence-corrected chi connectivity index (χ0v) is 11.5. The third-order valence-corrected chi connectivity index (χ3v) is 2.47. The molecule has 1 heteroatoms. The molecular formula is C15H28O. The first kappa shape index (κ1) is 15.4. The molecule has 0 radical (unpaired) electrons. The number of allylic oxidation sites excluding steroid dienone is 2. The predicted molar refractivity (Wildman–Crippen MR) is 72.7 cm³/mol. The summed E-state index contributed by atoms with van der Waals surface area (Å²) in [5.41, 5.74) is 2.63. The van der Waals surface area contributed by atoms with Crippen LogP contribution in [-0.2, 0) is 4.74 Å². The first-order valence-corrected chi connectivity index (χ1v) is 6.40. The largest absolute Gasteiger partial charge is 0.377 e. The number of unbranched alkanes of at least 4 members (excludes halogenated alkanes) is 1. The summed E-state index contributed by atoms with van der Waals surface area (Å²) in [7, 11) is 0. The van der Waals surface area contributed by atoms with Gasteiger partial charge in [0.05, 0.1) is 6.61 Å². The lowest BCUT2D eigenvalue weighted by atomic mass is 10.1. The van der Waals surface area contributed by atoms with Crippen LogP contribution >= 0.6 is 0 Å². The predicted octanol–water partition coefficient (Wildman–Crippen LogP) is 4.74. The maximum atomic E-state index is 5.60. The van der Waals surface area contributed by atoms with E-state index in [-0.39, 0.29) is 0 Å². The molecule has 0 unspecified atom stereocenters. The number of rotatable bonds is 9. The van der Waals surface area contributed by atoms with E-state index in [2.05, 4.69) is 40.3 Å². The summed E-state index contributed by atoms with van der Waals surface area (Å²) in [6.45, 7) is 14.3. The molecule has 0 saturated heterocycles. The van der Waals surface area contributed by atoms with E-state index in [0.29, 0.717) is 0 Å². The Morgan fingerprint density at radius 1 is 1.31 bits per heavy atom. The van der Waals surface area contributed by atoms with Gasteiger partial charge in [0, 0.05) is 6.61 Å². The van der Waals surface area contributed by atoms with Crippen LogP contribution < -0.4 is 0 Å². The molecule has 0 bridgehead atoms. The Morgan fingerprint density at radius 3 is 2.56 bits per heavy atom. The van der Waals surface area contributed by atoms with Crippen LogP contribution in [0.15, 0.2) is 23.8 Å². The molecular weight excluding hydrogens is 196 g/mol. The molecule has 0 saturated carbocycles. The summed E-state index contributed by atoms with van der Waals surface area (Å²) < 4.78 is 5.60. The van der Waals surface area contributed by atoms with Crippen LogP contribution in [0.1, 0.15) is 53.4 Å². The van der Waals surface area contributed by atoms with Gasteiger partial charge in [-0.05, 0) is 45.4 Å². The Bertz CT molecular complexity index is 213. The smallest absolute Gasteiger partial charge is 0.0674 e. The molecule has 0 aromatic carbocycles. The molecule has 0 aliphatic carbocycles. The van der Waals surface area contributed by atoms with Crippen LogP contribution in [0.4, 0.5) is 0 Å². The molecule has 0 spiro atoms. The molecule has 0 aromatic heterocycles. The molecule has 0 aliphatic heterocycles. The molecule has 0 aliphatic rings. The Hall–Kier alpha value is -0.560. The topological polar surface area (TPSA) is 9.23 Å². The van der Waals surface area contributed by atoms with Crippen molar-refractivity contribution in [3.05, 3.63) is 23.8 Å². The molecule has 94 valence electrons. The number of ether oxygens (including phenoxy) is 1. The summed E-state index contributed by atoms with van der Waals surface area (Å²) in [6.07, 6.45) is 6.93. The summed E-state index contributed by atoms with van der Waals surface area (Å²) in [5, 5.41) is 0. The van der Waals surface area contributed by atoms with E-state index in [0.717, 1.165) is 38.4 Å². The molecule has 0 atom stereocenters. The second kappa shape index (κ2) is 9.65. The average Bonchev–Trinajstić information content (AvgIpc) is 2.19. The van der Waals surface area contributed by atoms with Crippen molar-refractivity contribution < 1.29 is 4.74 Å². The van der Waals surface area contributed by atoms with Crippen LogP contribution in [0.2, 0.25) is 0 Å². The molecule has 1 nitrogen and oxygen atoms in total. The van der Waals surface area contributed by atoms with Crippen LogP contribution in [-0.4, -0.2) is 13.2 Å². The Morgan fingerprint density at radius 2 is 2.00 bits per heavy atom. The maximum absolute atomic E-state index is 5.60.